The van der Waals surface area contributed by atoms with Crippen LogP contribution in [0.25, 0.3) is 10.9 Å². The van der Waals surface area contributed by atoms with Crippen molar-refractivity contribution in [2.24, 2.45) is 4.99 Å². The van der Waals surface area contributed by atoms with Crippen molar-refractivity contribution in [2.75, 3.05) is 0 Å². The van der Waals surface area contributed by atoms with E-state index in [-0.39, 0.29) is 11.5 Å². The fourth-order valence-electron chi connectivity index (χ4n) is 2.55. The van der Waals surface area contributed by atoms with Gasteiger partial charge < -0.3 is 10.1 Å². The molecule has 96 valence electrons. The third-order valence-corrected chi connectivity index (χ3v) is 3.55. The first kappa shape index (κ1) is 11.0. The number of carbonyl (C=O) groups is 1. The Kier molecular flexibility index (Phi) is 2.09. The molecule has 4 heteroatoms. The van der Waals surface area contributed by atoms with Crippen molar-refractivity contribution < 1.29 is 9.90 Å². The molecule has 0 fully saturated rings. The molecule has 0 amide bonds. The number of aromatic hydroxyl groups is 1. The topological polar surface area (TPSA) is 65.5 Å². The van der Waals surface area contributed by atoms with Crippen LogP contribution in [0.1, 0.15) is 15.9 Å². The second kappa shape index (κ2) is 3.81. The normalized spacial score (nSPS) is 13.6. The van der Waals surface area contributed by atoms with Gasteiger partial charge in [0.15, 0.2) is 0 Å². The fraction of sp³-hybridized carbons (Fsp3) is 0. The minimum atomic E-state index is -0.151. The van der Waals surface area contributed by atoms with Crippen LogP contribution >= 0.6 is 0 Å². The van der Waals surface area contributed by atoms with Crippen LogP contribution in [0.2, 0.25) is 0 Å². The highest BCUT2D eigenvalue weighted by Crippen LogP contribution is 2.34. The molecular formula is C16H10N2O2. The maximum absolute atomic E-state index is 12.4. The molecule has 3 aromatic rings. The van der Waals surface area contributed by atoms with Gasteiger partial charge in [0.1, 0.15) is 11.5 Å². The quantitative estimate of drug-likeness (QED) is 0.707. The second-order valence-electron chi connectivity index (χ2n) is 4.71. The van der Waals surface area contributed by atoms with Gasteiger partial charge >= 0.3 is 0 Å². The smallest absolute Gasteiger partial charge is 0.214 e. The molecule has 1 aliphatic rings. The Morgan fingerprint density at radius 3 is 2.70 bits per heavy atom. The van der Waals surface area contributed by atoms with Gasteiger partial charge in [-0.1, -0.05) is 18.2 Å². The standard InChI is InChI=1S/C16H10N2O2/c19-15-10-3-1-2-4-12(10)18-14(15)11-6-5-9-7-8-17-13(9)16(11)20/h1-8,17,20H. The van der Waals surface area contributed by atoms with Gasteiger partial charge in [0.05, 0.1) is 11.2 Å². The number of fused-ring (bicyclic) bond motifs is 2. The first-order valence-electron chi connectivity index (χ1n) is 6.27. The number of hydrogen-bond acceptors (Lipinski definition) is 3. The number of nitrogens with one attached hydrogen (secondary N) is 1. The van der Waals surface area contributed by atoms with Gasteiger partial charge in [-0.3, -0.25) is 4.79 Å². The average Bonchev–Trinajstić information content (AvgIpc) is 3.06. The van der Waals surface area contributed by atoms with E-state index in [1.807, 2.05) is 24.3 Å². The Bertz CT molecular complexity index is 890. The van der Waals surface area contributed by atoms with E-state index in [2.05, 4.69) is 9.98 Å². The van der Waals surface area contributed by atoms with Crippen molar-refractivity contribution in [3.63, 3.8) is 0 Å². The van der Waals surface area contributed by atoms with Crippen LogP contribution < -0.4 is 0 Å². The summed E-state index contributed by atoms with van der Waals surface area (Å²) >= 11 is 0. The van der Waals surface area contributed by atoms with Crippen molar-refractivity contribution in [1.29, 1.82) is 0 Å². The van der Waals surface area contributed by atoms with Crippen molar-refractivity contribution in [3.8, 4) is 5.75 Å². The van der Waals surface area contributed by atoms with E-state index in [1.54, 1.807) is 24.4 Å². The second-order valence-corrected chi connectivity index (χ2v) is 4.71. The lowest BCUT2D eigenvalue weighted by Gasteiger charge is -2.04. The summed E-state index contributed by atoms with van der Waals surface area (Å²) in [7, 11) is 0. The molecule has 0 radical (unpaired) electrons. The zero-order valence-corrected chi connectivity index (χ0v) is 10.4. The Morgan fingerprint density at radius 1 is 1.00 bits per heavy atom. The summed E-state index contributed by atoms with van der Waals surface area (Å²) in [5, 5.41) is 11.2. The number of nitrogens with zero attached hydrogens (tertiary/aromatic N) is 1. The molecule has 20 heavy (non-hydrogen) atoms. The summed E-state index contributed by atoms with van der Waals surface area (Å²) in [4.78, 5) is 19.7. The number of rotatable bonds is 1. The SMILES string of the molecule is O=C1C(c2ccc3cc[nH]c3c2O)=Nc2ccccc21. The van der Waals surface area contributed by atoms with Crippen molar-refractivity contribution in [1.82, 2.24) is 4.98 Å². The molecule has 1 aliphatic heterocycles. The summed E-state index contributed by atoms with van der Waals surface area (Å²) in [5.41, 5.74) is 2.60. The molecule has 4 rings (SSSR count). The summed E-state index contributed by atoms with van der Waals surface area (Å²) in [6.45, 7) is 0. The number of phenols is 1. The molecular weight excluding hydrogens is 252 g/mol. The van der Waals surface area contributed by atoms with Gasteiger partial charge in [-0.15, -0.1) is 0 Å². The maximum atomic E-state index is 12.4. The molecule has 0 saturated carbocycles. The molecule has 4 nitrogen and oxygen atoms in total. The molecule has 0 spiro atoms. The van der Waals surface area contributed by atoms with E-state index in [0.29, 0.717) is 28.0 Å². The zero-order chi connectivity index (χ0) is 13.7. The van der Waals surface area contributed by atoms with E-state index in [1.165, 1.54) is 0 Å². The third kappa shape index (κ3) is 1.36. The number of ketones is 1. The predicted octanol–water partition coefficient (Wildman–Crippen LogP) is 3.19. The van der Waals surface area contributed by atoms with Gasteiger partial charge in [0, 0.05) is 22.7 Å². The first-order valence-corrected chi connectivity index (χ1v) is 6.27. The van der Waals surface area contributed by atoms with Crippen molar-refractivity contribution in [3.05, 3.63) is 59.8 Å². The van der Waals surface area contributed by atoms with E-state index in [9.17, 15) is 9.90 Å². The van der Waals surface area contributed by atoms with E-state index >= 15 is 0 Å². The van der Waals surface area contributed by atoms with Gasteiger partial charge in [0.2, 0.25) is 5.78 Å². The highest BCUT2D eigenvalue weighted by Gasteiger charge is 2.27. The van der Waals surface area contributed by atoms with Crippen LogP contribution in [0.15, 0.2) is 53.7 Å². The lowest BCUT2D eigenvalue weighted by Crippen LogP contribution is -2.11. The summed E-state index contributed by atoms with van der Waals surface area (Å²) in [5.74, 6) is -0.0887. The van der Waals surface area contributed by atoms with Crippen LogP contribution in [0, 0.1) is 0 Å². The highest BCUT2D eigenvalue weighted by molar-refractivity contribution is 6.55. The molecule has 0 unspecified atom stereocenters. The number of benzene rings is 2. The zero-order valence-electron chi connectivity index (χ0n) is 10.4. The van der Waals surface area contributed by atoms with Crippen LogP contribution in [0.5, 0.6) is 5.75 Å². The van der Waals surface area contributed by atoms with E-state index < -0.39 is 0 Å². The number of phenolic OH excluding ortho intramolecular Hbond substituents is 1. The van der Waals surface area contributed by atoms with Crippen molar-refractivity contribution in [2.45, 2.75) is 0 Å². The fourth-order valence-corrected chi connectivity index (χ4v) is 2.55. The Balaban J connectivity index is 1.93. The van der Waals surface area contributed by atoms with Gasteiger partial charge in [-0.2, -0.15) is 0 Å². The number of hydrogen-bond donors (Lipinski definition) is 2. The average molecular weight is 262 g/mol. The first-order chi connectivity index (χ1) is 9.75. The van der Waals surface area contributed by atoms with E-state index in [0.717, 1.165) is 5.39 Å². The van der Waals surface area contributed by atoms with Crippen molar-refractivity contribution >= 4 is 28.1 Å². The number of carbonyl (C=O) groups excluding carboxylic acids is 1. The number of aliphatic imine (C=N–C) groups is 1. The Morgan fingerprint density at radius 2 is 1.85 bits per heavy atom. The minimum Gasteiger partial charge on any atom is -0.505 e. The Hall–Kier alpha value is -2.88. The number of Topliss-reactive ketones (excluding diaryl/α,β-unsaturated/α-hetero) is 1. The molecule has 2 heterocycles. The van der Waals surface area contributed by atoms with E-state index in [4.69, 9.17) is 0 Å². The Labute approximate surface area is 114 Å². The molecule has 1 aromatic heterocycles. The molecule has 0 saturated heterocycles. The molecule has 0 atom stereocenters. The van der Waals surface area contributed by atoms with Gasteiger partial charge in [-0.25, -0.2) is 4.99 Å². The third-order valence-electron chi connectivity index (χ3n) is 3.55. The number of para-hydroxylation sites is 1. The largest absolute Gasteiger partial charge is 0.505 e. The summed E-state index contributed by atoms with van der Waals surface area (Å²) in [6, 6.07) is 12.7. The molecule has 0 bridgehead atoms. The minimum absolute atomic E-state index is 0.0624. The van der Waals surface area contributed by atoms with Gasteiger partial charge in [-0.05, 0) is 24.3 Å². The van der Waals surface area contributed by atoms with Crippen LogP contribution in [-0.2, 0) is 0 Å². The lowest BCUT2D eigenvalue weighted by molar-refractivity contribution is 0.107. The van der Waals surface area contributed by atoms with Gasteiger partial charge in [0.25, 0.3) is 0 Å². The van der Waals surface area contributed by atoms with Crippen LogP contribution in [0.3, 0.4) is 0 Å². The lowest BCUT2D eigenvalue weighted by atomic mass is 10.0. The molecule has 2 aromatic carbocycles. The predicted molar refractivity (Wildman–Crippen MR) is 76.9 cm³/mol. The highest BCUT2D eigenvalue weighted by atomic mass is 16.3. The maximum Gasteiger partial charge on any atom is 0.214 e. The van der Waals surface area contributed by atoms with Crippen LogP contribution in [-0.4, -0.2) is 21.6 Å². The summed E-state index contributed by atoms with van der Waals surface area (Å²) < 4.78 is 0. The molecule has 2 N–H and O–H groups in total. The monoisotopic (exact) mass is 262 g/mol. The number of aromatic amines is 1. The molecule has 0 aliphatic carbocycles. The summed E-state index contributed by atoms with van der Waals surface area (Å²) in [6.07, 6.45) is 1.75. The number of H-pyrrole nitrogens is 1. The number of aromatic nitrogens is 1. The van der Waals surface area contributed by atoms with Crippen LogP contribution in [0.4, 0.5) is 5.69 Å².